The van der Waals surface area contributed by atoms with E-state index in [1.165, 1.54) is 37.9 Å². The van der Waals surface area contributed by atoms with Crippen LogP contribution >= 0.6 is 0 Å². The molecule has 2 aromatic heterocycles. The molecule has 5 aliphatic carbocycles. The lowest BCUT2D eigenvalue weighted by Gasteiger charge is -2.53. The second-order valence-electron chi connectivity index (χ2n) is 18.5. The summed E-state index contributed by atoms with van der Waals surface area (Å²) in [6.07, 6.45) is 14.8. The van der Waals surface area contributed by atoms with Crippen LogP contribution in [-0.2, 0) is 29.9 Å². The Labute approximate surface area is 351 Å². The van der Waals surface area contributed by atoms with Crippen molar-refractivity contribution in [3.05, 3.63) is 59.6 Å². The first-order valence-electron chi connectivity index (χ1n) is 22.1. The van der Waals surface area contributed by atoms with Crippen molar-refractivity contribution < 1.29 is 28.7 Å². The van der Waals surface area contributed by atoms with Gasteiger partial charge in [0.25, 0.3) is 0 Å². The zero-order chi connectivity index (χ0) is 42.1. The fourth-order valence-electron chi connectivity index (χ4n) is 11.8. The number of nitrogens with zero attached hydrogens (tertiary/aromatic N) is 6. The van der Waals surface area contributed by atoms with E-state index in [2.05, 4.69) is 67.5 Å². The van der Waals surface area contributed by atoms with Gasteiger partial charge in [-0.3, -0.25) is 9.59 Å². The minimum Gasteiger partial charge on any atom is -0.451 e. The highest BCUT2D eigenvalue weighted by atomic mass is 16.5. The van der Waals surface area contributed by atoms with Crippen LogP contribution in [0, 0.1) is 35.5 Å². The third-order valence-electron chi connectivity index (χ3n) is 15.9. The molecule has 0 radical (unpaired) electrons. The molecule has 2 saturated heterocycles. The number of rotatable bonds is 11. The molecule has 3 aromatic rings. The zero-order valence-corrected chi connectivity index (χ0v) is 35.6. The van der Waals surface area contributed by atoms with Crippen LogP contribution in [0.4, 0.5) is 9.59 Å². The number of aliphatic imine (C=N–C) groups is 2. The third kappa shape index (κ3) is 6.68. The average molecular weight is 819 g/mol. The van der Waals surface area contributed by atoms with Gasteiger partial charge in [-0.1, -0.05) is 52.0 Å². The van der Waals surface area contributed by atoms with Crippen molar-refractivity contribution in [1.82, 2.24) is 29.7 Å². The molecule has 4 heterocycles. The number of imidazole rings is 2. The first kappa shape index (κ1) is 40.3. The molecule has 4 amide bonds. The summed E-state index contributed by atoms with van der Waals surface area (Å²) < 4.78 is 9.33. The average Bonchev–Trinajstić information content (AvgIpc) is 3.75. The van der Waals surface area contributed by atoms with Gasteiger partial charge < -0.3 is 29.2 Å². The van der Waals surface area contributed by atoms with Gasteiger partial charge >= 0.3 is 12.2 Å². The summed E-state index contributed by atoms with van der Waals surface area (Å²) in [6, 6.07) is 9.14. The Morgan fingerprint density at radius 3 is 1.68 bits per heavy atom. The van der Waals surface area contributed by atoms with Crippen molar-refractivity contribution in [2.45, 2.75) is 127 Å². The van der Waals surface area contributed by atoms with Crippen LogP contribution < -0.4 is 0 Å². The summed E-state index contributed by atoms with van der Waals surface area (Å²) in [6.45, 7) is 8.29. The molecule has 7 fully saturated rings. The van der Waals surface area contributed by atoms with Gasteiger partial charge in [0, 0.05) is 41.8 Å². The van der Waals surface area contributed by atoms with Crippen molar-refractivity contribution in [1.29, 1.82) is 0 Å². The maximum Gasteiger partial charge on any atom is 0.432 e. The van der Waals surface area contributed by atoms with Gasteiger partial charge in [-0.15, -0.1) is 0 Å². The Hall–Kier alpha value is -5.14. The summed E-state index contributed by atoms with van der Waals surface area (Å²) in [7, 11) is 2.57. The minimum atomic E-state index is -0.705. The number of methoxy groups -OCH3 is 2. The molecule has 2 unspecified atom stereocenters. The lowest BCUT2D eigenvalue weighted by Crippen LogP contribution is -2.46. The van der Waals surface area contributed by atoms with Crippen LogP contribution in [0.25, 0.3) is 11.3 Å². The van der Waals surface area contributed by atoms with Gasteiger partial charge in [-0.25, -0.2) is 19.6 Å². The Balaban J connectivity index is 0.858. The maximum atomic E-state index is 13.9. The second kappa shape index (κ2) is 15.4. The topological polar surface area (TPSA) is 175 Å². The molecule has 1 aromatic carbocycles. The van der Waals surface area contributed by atoms with Crippen LogP contribution in [0.3, 0.4) is 0 Å². The molecule has 2 aliphatic heterocycles. The molecular weight excluding hydrogens is 761 g/mol. The number of aromatic amines is 2. The van der Waals surface area contributed by atoms with Gasteiger partial charge in [0.1, 0.15) is 11.6 Å². The number of amides is 4. The van der Waals surface area contributed by atoms with Crippen LogP contribution in [0.2, 0.25) is 0 Å². The van der Waals surface area contributed by atoms with E-state index < -0.39 is 24.0 Å². The molecule has 10 atom stereocenters. The van der Waals surface area contributed by atoms with Crippen LogP contribution in [0.1, 0.15) is 127 Å². The van der Waals surface area contributed by atoms with Gasteiger partial charge in [0.15, 0.2) is 0 Å². The summed E-state index contributed by atoms with van der Waals surface area (Å²) in [5, 5.41) is 0. The van der Waals surface area contributed by atoms with Crippen LogP contribution in [0.15, 0.2) is 46.6 Å². The molecule has 7 aliphatic rings. The van der Waals surface area contributed by atoms with E-state index in [1.807, 2.05) is 36.0 Å². The number of fused-ring (bicyclic) bond motifs is 5. The first-order chi connectivity index (χ1) is 29.0. The first-order valence-corrected chi connectivity index (χ1v) is 22.1. The Morgan fingerprint density at radius 2 is 1.20 bits per heavy atom. The lowest BCUT2D eigenvalue weighted by molar-refractivity contribution is -0.136. The van der Waals surface area contributed by atoms with E-state index in [4.69, 9.17) is 9.97 Å². The summed E-state index contributed by atoms with van der Waals surface area (Å²) >= 11 is 0. The zero-order valence-electron chi connectivity index (χ0n) is 35.6. The second-order valence-corrected chi connectivity index (χ2v) is 18.5. The molecule has 10 rings (SSSR count). The number of ether oxygens (including phenoxy) is 2. The number of aromatic nitrogens is 4. The normalized spacial score (nSPS) is 33.5. The third-order valence-corrected chi connectivity index (χ3v) is 15.9. The Morgan fingerprint density at radius 1 is 0.733 bits per heavy atom. The molecule has 2 N–H and O–H groups in total. The summed E-state index contributed by atoms with van der Waals surface area (Å²) in [4.78, 5) is 80.0. The smallest absolute Gasteiger partial charge is 0.432 e. The van der Waals surface area contributed by atoms with Gasteiger partial charge in [-0.2, -0.15) is 9.98 Å². The molecule has 14 heteroatoms. The lowest BCUT2D eigenvalue weighted by atomic mass is 9.51. The molecule has 0 spiro atoms. The number of likely N-dealkylation sites (tertiary alicyclic amines) is 2. The van der Waals surface area contributed by atoms with Crippen molar-refractivity contribution in [2.24, 2.45) is 45.5 Å². The molecule has 5 saturated carbocycles. The molecule has 318 valence electrons. The van der Waals surface area contributed by atoms with Crippen molar-refractivity contribution in [3.8, 4) is 11.3 Å². The van der Waals surface area contributed by atoms with E-state index in [9.17, 15) is 19.2 Å². The van der Waals surface area contributed by atoms with Gasteiger partial charge in [0.05, 0.1) is 50.0 Å². The highest BCUT2D eigenvalue weighted by molar-refractivity contribution is 5.97. The van der Waals surface area contributed by atoms with Crippen molar-refractivity contribution in [2.75, 3.05) is 14.2 Å². The number of benzene rings is 1. The predicted octanol–water partition coefficient (Wildman–Crippen LogP) is 7.89. The van der Waals surface area contributed by atoms with Gasteiger partial charge in [-0.05, 0) is 104 Å². The highest BCUT2D eigenvalue weighted by Crippen LogP contribution is 2.61. The number of nitrogens with one attached hydrogen (secondary N) is 2. The van der Waals surface area contributed by atoms with E-state index in [0.717, 1.165) is 74.3 Å². The fraction of sp³-hybridized carbons (Fsp3) is 0.609. The highest BCUT2D eigenvalue weighted by Gasteiger charge is 2.62. The number of piperidine rings is 2. The Kier molecular flexibility index (Phi) is 10.3. The summed E-state index contributed by atoms with van der Waals surface area (Å²) in [5.41, 5.74) is 4.79. The standard InChI is InChI=1S/C46H58N8O6/c1-7-27(21-49-43(57)59-5)41(55)53-34(19-31-25(3)37(31)53)39-47-23-33(51-39)29-9-11-30(12-10-29)45-13-16-46(17-14-45,18-15-45)36-24-48-40(52-36)35-20-32-26(4)38(32)54(35)42(56)28(8-2)22-50-44(58)60-6/h9-12,21-28,31-32,34-35,37-38H,7-8,13-20H2,1-6H3,(H,47,51)(H,48,52)/b49-21+,50-22+/t25-,26-,27?,28?,31+,32+,34+,35+,37-,38-,45?,46?/m1/s1. The van der Waals surface area contributed by atoms with Crippen LogP contribution in [-0.4, -0.2) is 92.5 Å². The van der Waals surface area contributed by atoms with E-state index in [1.54, 1.807) is 0 Å². The summed E-state index contributed by atoms with van der Waals surface area (Å²) in [5.74, 6) is 2.49. The Bertz CT molecular complexity index is 2190. The number of H-pyrrole nitrogens is 2. The maximum absolute atomic E-state index is 13.9. The van der Waals surface area contributed by atoms with E-state index >= 15 is 0 Å². The number of hydrogen-bond donors (Lipinski definition) is 2. The number of carbonyl (C=O) groups is 4. The molecular formula is C46H58N8O6. The van der Waals surface area contributed by atoms with E-state index in [0.29, 0.717) is 36.5 Å². The largest absolute Gasteiger partial charge is 0.451 e. The number of hydrogen-bond acceptors (Lipinski definition) is 8. The quantitative estimate of drug-likeness (QED) is 0.184. The minimum absolute atomic E-state index is 0.00609. The SMILES string of the molecule is CCC(/C=N/C(=O)OC)C(=O)N1[C@@H]2[C@H](C)[C@@H]2C[C@H]1c1ncc(-c2ccc(C34CCC(c5cnc([C@@H]6C[C@H]7[C@@H](C)[C@H]7N6C(=O)C(/C=N/C(=O)OC)CC)[nH]5)(CC3)CC4)cc2)[nH]1. The van der Waals surface area contributed by atoms with Gasteiger partial charge in [0.2, 0.25) is 11.8 Å². The fourth-order valence-corrected chi connectivity index (χ4v) is 11.8. The van der Waals surface area contributed by atoms with Crippen molar-refractivity contribution >= 4 is 36.4 Å². The monoisotopic (exact) mass is 818 g/mol. The van der Waals surface area contributed by atoms with Crippen LogP contribution in [0.5, 0.6) is 0 Å². The predicted molar refractivity (Wildman–Crippen MR) is 224 cm³/mol. The number of carbonyl (C=O) groups excluding carboxylic acids is 4. The van der Waals surface area contributed by atoms with Crippen molar-refractivity contribution in [3.63, 3.8) is 0 Å². The van der Waals surface area contributed by atoms with E-state index in [-0.39, 0.29) is 46.8 Å². The molecule has 60 heavy (non-hydrogen) atoms. The molecule has 2 bridgehead atoms. The molecule has 14 nitrogen and oxygen atoms in total.